The molecular formula is C20H26N4OS. The lowest BCUT2D eigenvalue weighted by Crippen LogP contribution is -2.34. The maximum atomic E-state index is 10.9. The second kappa shape index (κ2) is 7.37. The number of aromatic hydroxyl groups is 1. The third kappa shape index (κ3) is 3.12. The van der Waals surface area contributed by atoms with Gasteiger partial charge in [0.05, 0.1) is 10.9 Å². The van der Waals surface area contributed by atoms with Crippen LogP contribution in [0.2, 0.25) is 0 Å². The SMILES string of the molecule is CCc1ccc(C(c2sc3nc(CC)nn3c2O)N2CCCCC2)cc1. The number of hydrogen-bond donors (Lipinski definition) is 1. The summed E-state index contributed by atoms with van der Waals surface area (Å²) < 4.78 is 1.61. The van der Waals surface area contributed by atoms with Gasteiger partial charge < -0.3 is 5.11 Å². The molecule has 5 nitrogen and oxygen atoms in total. The molecule has 1 unspecified atom stereocenters. The Kier molecular flexibility index (Phi) is 4.96. The normalized spacial score (nSPS) is 17.0. The fourth-order valence-electron chi connectivity index (χ4n) is 3.76. The third-order valence-corrected chi connectivity index (χ3v) is 6.34. The minimum atomic E-state index is 0.0692. The summed E-state index contributed by atoms with van der Waals surface area (Å²) in [5, 5.41) is 15.4. The second-order valence-corrected chi connectivity index (χ2v) is 7.97. The van der Waals surface area contributed by atoms with Crippen molar-refractivity contribution in [1.29, 1.82) is 0 Å². The monoisotopic (exact) mass is 370 g/mol. The molecule has 0 radical (unpaired) electrons. The average molecular weight is 371 g/mol. The third-order valence-electron chi connectivity index (χ3n) is 5.27. The Labute approximate surface area is 158 Å². The zero-order valence-corrected chi connectivity index (χ0v) is 16.3. The summed E-state index contributed by atoms with van der Waals surface area (Å²) in [5.74, 6) is 1.02. The number of likely N-dealkylation sites (tertiary alicyclic amines) is 1. The number of rotatable bonds is 5. The molecule has 0 saturated carbocycles. The minimum Gasteiger partial charge on any atom is -0.492 e. The maximum Gasteiger partial charge on any atom is 0.230 e. The number of aromatic nitrogens is 3. The summed E-state index contributed by atoms with van der Waals surface area (Å²) in [5.41, 5.74) is 2.57. The number of hydrogen-bond acceptors (Lipinski definition) is 5. The van der Waals surface area contributed by atoms with Crippen LogP contribution in [-0.2, 0) is 12.8 Å². The summed E-state index contributed by atoms with van der Waals surface area (Å²) in [6.07, 6.45) is 5.53. The topological polar surface area (TPSA) is 53.7 Å². The predicted octanol–water partition coefficient (Wildman–Crippen LogP) is 4.20. The summed E-state index contributed by atoms with van der Waals surface area (Å²) in [7, 11) is 0. The molecule has 138 valence electrons. The minimum absolute atomic E-state index is 0.0692. The van der Waals surface area contributed by atoms with Crippen molar-refractivity contribution in [3.8, 4) is 5.88 Å². The number of fused-ring (bicyclic) bond motifs is 1. The van der Waals surface area contributed by atoms with Crippen LogP contribution in [0.25, 0.3) is 4.96 Å². The summed E-state index contributed by atoms with van der Waals surface area (Å²) in [6, 6.07) is 8.90. The van der Waals surface area contributed by atoms with Gasteiger partial charge in [0.1, 0.15) is 0 Å². The van der Waals surface area contributed by atoms with Gasteiger partial charge in [0.25, 0.3) is 0 Å². The zero-order valence-electron chi connectivity index (χ0n) is 15.5. The highest BCUT2D eigenvalue weighted by Gasteiger charge is 2.30. The number of benzene rings is 1. The molecule has 0 aliphatic carbocycles. The van der Waals surface area contributed by atoms with Crippen molar-refractivity contribution < 1.29 is 5.11 Å². The van der Waals surface area contributed by atoms with Crippen LogP contribution < -0.4 is 0 Å². The molecule has 6 heteroatoms. The van der Waals surface area contributed by atoms with Crippen molar-refractivity contribution >= 4 is 16.3 Å². The maximum absolute atomic E-state index is 10.9. The van der Waals surface area contributed by atoms with Crippen LogP contribution >= 0.6 is 11.3 Å². The lowest BCUT2D eigenvalue weighted by Gasteiger charge is -2.34. The number of piperidine rings is 1. The Bertz CT molecular complexity index is 877. The lowest BCUT2D eigenvalue weighted by atomic mass is 9.99. The standard InChI is InChI=1S/C20H26N4OS/c1-3-14-8-10-15(11-9-14)17(23-12-6-5-7-13-23)18-19(25)24-20(26-18)21-16(4-2)22-24/h8-11,17,25H,3-7,12-13H2,1-2H3. The van der Waals surface area contributed by atoms with Gasteiger partial charge in [-0.05, 0) is 43.5 Å². The van der Waals surface area contributed by atoms with Gasteiger partial charge >= 0.3 is 0 Å². The van der Waals surface area contributed by atoms with Crippen LogP contribution in [0.5, 0.6) is 5.88 Å². The van der Waals surface area contributed by atoms with Gasteiger partial charge in [-0.1, -0.05) is 55.9 Å². The number of thiazole rings is 1. The highest BCUT2D eigenvalue weighted by atomic mass is 32.1. The van der Waals surface area contributed by atoms with Gasteiger partial charge in [0.15, 0.2) is 5.82 Å². The Morgan fingerprint density at radius 3 is 2.42 bits per heavy atom. The molecule has 2 aromatic heterocycles. The van der Waals surface area contributed by atoms with Crippen LogP contribution in [-0.4, -0.2) is 37.7 Å². The first kappa shape index (κ1) is 17.5. The molecule has 0 spiro atoms. The molecular weight excluding hydrogens is 344 g/mol. The zero-order chi connectivity index (χ0) is 18.1. The molecule has 0 bridgehead atoms. The molecule has 1 aromatic carbocycles. The molecule has 1 saturated heterocycles. The van der Waals surface area contributed by atoms with Crippen molar-refractivity contribution in [2.75, 3.05) is 13.1 Å². The van der Waals surface area contributed by atoms with Crippen LogP contribution in [0.1, 0.15) is 61.0 Å². The quantitative estimate of drug-likeness (QED) is 0.731. The van der Waals surface area contributed by atoms with Crippen molar-refractivity contribution in [2.45, 2.75) is 52.0 Å². The van der Waals surface area contributed by atoms with E-state index in [-0.39, 0.29) is 11.9 Å². The first-order valence-electron chi connectivity index (χ1n) is 9.61. The lowest BCUT2D eigenvalue weighted by molar-refractivity contribution is 0.186. The molecule has 1 aliphatic heterocycles. The van der Waals surface area contributed by atoms with Crippen LogP contribution in [0, 0.1) is 0 Å². The average Bonchev–Trinajstić information content (AvgIpc) is 3.23. The largest absolute Gasteiger partial charge is 0.492 e. The van der Waals surface area contributed by atoms with E-state index in [2.05, 4.69) is 46.2 Å². The van der Waals surface area contributed by atoms with Gasteiger partial charge in [0, 0.05) is 6.42 Å². The van der Waals surface area contributed by atoms with E-state index in [9.17, 15) is 5.11 Å². The van der Waals surface area contributed by atoms with Crippen molar-refractivity contribution in [3.63, 3.8) is 0 Å². The summed E-state index contributed by atoms with van der Waals surface area (Å²) in [4.78, 5) is 8.78. The van der Waals surface area contributed by atoms with E-state index in [1.165, 1.54) is 30.4 Å². The first-order chi connectivity index (χ1) is 12.7. The number of aryl methyl sites for hydroxylation is 2. The predicted molar refractivity (Wildman–Crippen MR) is 105 cm³/mol. The van der Waals surface area contributed by atoms with Crippen LogP contribution in [0.15, 0.2) is 24.3 Å². The van der Waals surface area contributed by atoms with E-state index in [0.29, 0.717) is 0 Å². The van der Waals surface area contributed by atoms with Gasteiger partial charge in [-0.2, -0.15) is 4.52 Å². The van der Waals surface area contributed by atoms with Crippen molar-refractivity contribution in [3.05, 3.63) is 46.1 Å². The Morgan fingerprint density at radius 1 is 1.08 bits per heavy atom. The second-order valence-electron chi connectivity index (χ2n) is 6.96. The molecule has 1 aliphatic rings. The van der Waals surface area contributed by atoms with E-state index in [0.717, 1.165) is 41.6 Å². The van der Waals surface area contributed by atoms with E-state index in [1.807, 2.05) is 6.92 Å². The van der Waals surface area contributed by atoms with E-state index < -0.39 is 0 Å². The molecule has 3 aromatic rings. The van der Waals surface area contributed by atoms with Crippen LogP contribution in [0.3, 0.4) is 0 Å². The highest BCUT2D eigenvalue weighted by molar-refractivity contribution is 7.17. The summed E-state index contributed by atoms with van der Waals surface area (Å²) in [6.45, 7) is 6.33. The van der Waals surface area contributed by atoms with Crippen molar-refractivity contribution in [2.24, 2.45) is 0 Å². The van der Waals surface area contributed by atoms with E-state index >= 15 is 0 Å². The molecule has 3 heterocycles. The molecule has 0 amide bonds. The highest BCUT2D eigenvalue weighted by Crippen LogP contribution is 2.40. The molecule has 1 N–H and O–H groups in total. The molecule has 1 fully saturated rings. The smallest absolute Gasteiger partial charge is 0.230 e. The number of nitrogens with zero attached hydrogens (tertiary/aromatic N) is 4. The van der Waals surface area contributed by atoms with Gasteiger partial charge in [-0.15, -0.1) is 5.10 Å². The molecule has 1 atom stereocenters. The van der Waals surface area contributed by atoms with Crippen LogP contribution in [0.4, 0.5) is 0 Å². The van der Waals surface area contributed by atoms with E-state index in [4.69, 9.17) is 0 Å². The Balaban J connectivity index is 1.78. The van der Waals surface area contributed by atoms with Crippen molar-refractivity contribution in [1.82, 2.24) is 19.5 Å². The van der Waals surface area contributed by atoms with Gasteiger partial charge in [-0.25, -0.2) is 4.98 Å². The van der Waals surface area contributed by atoms with Gasteiger partial charge in [0.2, 0.25) is 10.8 Å². The molecule has 26 heavy (non-hydrogen) atoms. The fraction of sp³-hybridized carbons (Fsp3) is 0.500. The Morgan fingerprint density at radius 2 is 1.81 bits per heavy atom. The fourth-order valence-corrected chi connectivity index (χ4v) is 4.89. The molecule has 4 rings (SSSR count). The van der Waals surface area contributed by atoms with Gasteiger partial charge in [-0.3, -0.25) is 4.90 Å². The first-order valence-corrected chi connectivity index (χ1v) is 10.4. The van der Waals surface area contributed by atoms with E-state index in [1.54, 1.807) is 15.9 Å². The summed E-state index contributed by atoms with van der Waals surface area (Å²) >= 11 is 1.56. The Hall–Kier alpha value is -1.92.